The quantitative estimate of drug-likeness (QED) is 0.928. The van der Waals surface area contributed by atoms with Gasteiger partial charge in [-0.1, -0.05) is 20.3 Å². The van der Waals surface area contributed by atoms with E-state index in [0.717, 1.165) is 19.3 Å². The molecule has 0 heterocycles. The third-order valence-corrected chi connectivity index (χ3v) is 5.37. The van der Waals surface area contributed by atoms with Crippen LogP contribution >= 0.6 is 0 Å². The van der Waals surface area contributed by atoms with E-state index in [2.05, 4.69) is 13.8 Å². The molecular formula is C15H22N2O3S. The van der Waals surface area contributed by atoms with Crippen LogP contribution in [0, 0.1) is 11.3 Å². The topological polar surface area (TPSA) is 80.5 Å². The molecule has 0 bridgehead atoms. The summed E-state index contributed by atoms with van der Waals surface area (Å²) >= 11 is 0. The molecule has 0 saturated heterocycles. The van der Waals surface area contributed by atoms with Gasteiger partial charge in [0.15, 0.2) is 0 Å². The fourth-order valence-electron chi connectivity index (χ4n) is 3.00. The Morgan fingerprint density at radius 3 is 2.29 bits per heavy atom. The highest BCUT2D eigenvalue weighted by Gasteiger charge is 2.40. The first kappa shape index (κ1) is 16.0. The smallest absolute Gasteiger partial charge is 0.238 e. The third kappa shape index (κ3) is 3.27. The number of hydrogen-bond donors (Lipinski definition) is 1. The number of anilines is 1. The number of benzene rings is 1. The highest BCUT2D eigenvalue weighted by Crippen LogP contribution is 2.43. The highest BCUT2D eigenvalue weighted by molar-refractivity contribution is 7.89. The molecule has 0 aliphatic heterocycles. The molecule has 1 saturated carbocycles. The van der Waals surface area contributed by atoms with Gasteiger partial charge in [-0.2, -0.15) is 0 Å². The Morgan fingerprint density at radius 1 is 1.29 bits per heavy atom. The number of rotatable bonds is 3. The van der Waals surface area contributed by atoms with Crippen LogP contribution in [0.25, 0.3) is 0 Å². The van der Waals surface area contributed by atoms with E-state index in [1.54, 1.807) is 24.1 Å². The van der Waals surface area contributed by atoms with E-state index < -0.39 is 10.0 Å². The van der Waals surface area contributed by atoms with E-state index in [-0.39, 0.29) is 22.1 Å². The van der Waals surface area contributed by atoms with Crippen molar-refractivity contribution in [2.24, 2.45) is 16.5 Å². The minimum Gasteiger partial charge on any atom is -0.315 e. The summed E-state index contributed by atoms with van der Waals surface area (Å²) < 4.78 is 22.5. The Hall–Kier alpha value is -1.40. The van der Waals surface area contributed by atoms with Crippen molar-refractivity contribution in [2.45, 2.75) is 38.0 Å². The monoisotopic (exact) mass is 310 g/mol. The molecule has 5 nitrogen and oxygen atoms in total. The molecule has 1 aromatic carbocycles. The van der Waals surface area contributed by atoms with Crippen LogP contribution in [0.15, 0.2) is 29.2 Å². The van der Waals surface area contributed by atoms with Gasteiger partial charge in [0.05, 0.1) is 4.90 Å². The molecule has 1 unspecified atom stereocenters. The van der Waals surface area contributed by atoms with Crippen LogP contribution in [-0.2, 0) is 14.8 Å². The molecule has 116 valence electrons. The van der Waals surface area contributed by atoms with Crippen LogP contribution in [0.3, 0.4) is 0 Å². The fourth-order valence-corrected chi connectivity index (χ4v) is 3.52. The largest absolute Gasteiger partial charge is 0.315 e. The van der Waals surface area contributed by atoms with Gasteiger partial charge >= 0.3 is 0 Å². The summed E-state index contributed by atoms with van der Waals surface area (Å²) in [5.74, 6) is 0.0984. The molecule has 0 radical (unpaired) electrons. The number of hydrogen-bond acceptors (Lipinski definition) is 3. The first-order valence-corrected chi connectivity index (χ1v) is 8.58. The molecule has 2 rings (SSSR count). The van der Waals surface area contributed by atoms with Gasteiger partial charge in [-0.15, -0.1) is 0 Å². The van der Waals surface area contributed by atoms with Crippen LogP contribution in [0.1, 0.15) is 33.1 Å². The van der Waals surface area contributed by atoms with Gasteiger partial charge in [-0.3, -0.25) is 4.79 Å². The van der Waals surface area contributed by atoms with Crippen molar-refractivity contribution in [1.82, 2.24) is 0 Å². The summed E-state index contributed by atoms with van der Waals surface area (Å²) in [7, 11) is -1.98. The Morgan fingerprint density at radius 2 is 1.86 bits per heavy atom. The molecule has 21 heavy (non-hydrogen) atoms. The van der Waals surface area contributed by atoms with Gasteiger partial charge < -0.3 is 4.90 Å². The van der Waals surface area contributed by atoms with Crippen LogP contribution < -0.4 is 10.0 Å². The van der Waals surface area contributed by atoms with E-state index >= 15 is 0 Å². The van der Waals surface area contributed by atoms with Gasteiger partial charge in [0.2, 0.25) is 15.9 Å². The first-order chi connectivity index (χ1) is 9.63. The van der Waals surface area contributed by atoms with Gasteiger partial charge in [0.1, 0.15) is 0 Å². The van der Waals surface area contributed by atoms with Crippen LogP contribution in [-0.4, -0.2) is 21.4 Å². The number of primary sulfonamides is 1. The third-order valence-electron chi connectivity index (χ3n) is 4.44. The highest BCUT2D eigenvalue weighted by atomic mass is 32.2. The number of sulfonamides is 1. The van der Waals surface area contributed by atoms with E-state index in [1.807, 2.05) is 0 Å². The summed E-state index contributed by atoms with van der Waals surface area (Å²) in [4.78, 5) is 14.3. The zero-order valence-electron chi connectivity index (χ0n) is 12.7. The molecule has 6 heteroatoms. The number of amides is 1. The predicted molar refractivity (Wildman–Crippen MR) is 82.3 cm³/mol. The van der Waals surface area contributed by atoms with Gasteiger partial charge in [0.25, 0.3) is 0 Å². The second-order valence-corrected chi connectivity index (χ2v) is 7.93. The Bertz CT molecular complexity index is 635. The SMILES string of the molecule is CN(C(=O)C1CCCC1(C)C)c1ccc(S(N)(=O)=O)cc1. The van der Waals surface area contributed by atoms with E-state index in [0.29, 0.717) is 5.69 Å². The van der Waals surface area contributed by atoms with Crippen molar-refractivity contribution in [2.75, 3.05) is 11.9 Å². The molecule has 0 aromatic heterocycles. The van der Waals surface area contributed by atoms with Gasteiger partial charge in [-0.05, 0) is 42.5 Å². The van der Waals surface area contributed by atoms with Crippen molar-refractivity contribution >= 4 is 21.6 Å². The average molecular weight is 310 g/mol. The van der Waals surface area contributed by atoms with E-state index in [1.165, 1.54) is 12.1 Å². The van der Waals surface area contributed by atoms with Crippen molar-refractivity contribution in [3.63, 3.8) is 0 Å². The lowest BCUT2D eigenvalue weighted by molar-refractivity contribution is -0.124. The summed E-state index contributed by atoms with van der Waals surface area (Å²) in [5, 5.41) is 5.07. The maximum atomic E-state index is 12.6. The van der Waals surface area contributed by atoms with Crippen LogP contribution in [0.4, 0.5) is 5.69 Å². The minimum atomic E-state index is -3.70. The maximum Gasteiger partial charge on any atom is 0.238 e. The Kier molecular flexibility index (Phi) is 4.13. The van der Waals surface area contributed by atoms with Crippen molar-refractivity contribution in [1.29, 1.82) is 0 Å². The molecule has 1 fully saturated rings. The lowest BCUT2D eigenvalue weighted by atomic mass is 9.81. The zero-order valence-corrected chi connectivity index (χ0v) is 13.5. The van der Waals surface area contributed by atoms with Crippen molar-refractivity contribution in [3.05, 3.63) is 24.3 Å². The minimum absolute atomic E-state index is 0.0143. The number of nitrogens with zero attached hydrogens (tertiary/aromatic N) is 1. The molecule has 1 aromatic rings. The summed E-state index contributed by atoms with van der Waals surface area (Å²) in [6.07, 6.45) is 3.04. The first-order valence-electron chi connectivity index (χ1n) is 7.03. The van der Waals surface area contributed by atoms with E-state index in [4.69, 9.17) is 5.14 Å². The lowest BCUT2D eigenvalue weighted by Crippen LogP contribution is -2.37. The zero-order chi connectivity index (χ0) is 15.8. The summed E-state index contributed by atoms with van der Waals surface area (Å²) in [6, 6.07) is 6.07. The van der Waals surface area contributed by atoms with Gasteiger partial charge in [0, 0.05) is 18.7 Å². The molecule has 1 aliphatic carbocycles. The Balaban J connectivity index is 2.20. The Labute approximate surface area is 126 Å². The second-order valence-electron chi connectivity index (χ2n) is 6.37. The van der Waals surface area contributed by atoms with Crippen molar-refractivity contribution in [3.8, 4) is 0 Å². The summed E-state index contributed by atoms with van der Waals surface area (Å²) in [6.45, 7) is 4.25. The normalized spacial score (nSPS) is 21.2. The molecule has 2 N–H and O–H groups in total. The molecule has 1 atom stereocenters. The van der Waals surface area contributed by atoms with Crippen molar-refractivity contribution < 1.29 is 13.2 Å². The number of carbonyl (C=O) groups is 1. The molecular weight excluding hydrogens is 288 g/mol. The summed E-state index contributed by atoms with van der Waals surface area (Å²) in [5.41, 5.74) is 0.696. The predicted octanol–water partition coefficient (Wildman–Crippen LogP) is 2.12. The lowest BCUT2D eigenvalue weighted by Gasteiger charge is -2.30. The number of nitrogens with two attached hydrogens (primary N) is 1. The van der Waals surface area contributed by atoms with Gasteiger partial charge in [-0.25, -0.2) is 13.6 Å². The maximum absolute atomic E-state index is 12.6. The number of carbonyl (C=O) groups excluding carboxylic acids is 1. The van der Waals surface area contributed by atoms with Crippen LogP contribution in [0.5, 0.6) is 0 Å². The van der Waals surface area contributed by atoms with E-state index in [9.17, 15) is 13.2 Å². The fraction of sp³-hybridized carbons (Fsp3) is 0.533. The average Bonchev–Trinajstić information content (AvgIpc) is 2.76. The molecule has 1 aliphatic rings. The molecule has 0 spiro atoms. The standard InChI is InChI=1S/C15H22N2O3S/c1-15(2)10-4-5-13(15)14(18)17(3)11-6-8-12(9-7-11)21(16,19)20/h6-9,13H,4-5,10H2,1-3H3,(H2,16,19,20). The second kappa shape index (κ2) is 5.42. The molecule has 1 amide bonds. The van der Waals surface area contributed by atoms with Crippen LogP contribution in [0.2, 0.25) is 0 Å².